The molecule has 1 aromatic carbocycles. The van der Waals surface area contributed by atoms with E-state index in [1.165, 1.54) is 11.4 Å². The molecule has 1 aliphatic rings. The topological polar surface area (TPSA) is 57.7 Å². The monoisotopic (exact) mass is 308 g/mol. The highest BCUT2D eigenvalue weighted by Gasteiger charge is 2.37. The minimum absolute atomic E-state index is 0.131. The number of nitrogens with zero attached hydrogens (tertiary/aromatic N) is 2. The van der Waals surface area contributed by atoms with Gasteiger partial charge in [-0.2, -0.15) is 0 Å². The van der Waals surface area contributed by atoms with Crippen LogP contribution in [0.15, 0.2) is 34.7 Å². The summed E-state index contributed by atoms with van der Waals surface area (Å²) >= 11 is 0. The summed E-state index contributed by atoms with van der Waals surface area (Å²) < 4.78 is 26.0. The number of amides is 1. The lowest BCUT2D eigenvalue weighted by molar-refractivity contribution is -0.126. The molecule has 0 spiro atoms. The largest absolute Gasteiger partial charge is 0.339 e. The second-order valence-electron chi connectivity index (χ2n) is 4.92. The summed E-state index contributed by atoms with van der Waals surface area (Å²) in [5, 5.41) is 0. The molecule has 0 saturated heterocycles. The maximum atomic E-state index is 12.5. The van der Waals surface area contributed by atoms with Crippen LogP contribution in [0.25, 0.3) is 5.70 Å². The van der Waals surface area contributed by atoms with Crippen molar-refractivity contribution in [3.63, 3.8) is 0 Å². The van der Waals surface area contributed by atoms with E-state index in [-0.39, 0.29) is 10.8 Å². The maximum absolute atomic E-state index is 12.5. The minimum atomic E-state index is -3.55. The number of fused-ring (bicyclic) bond motifs is 1. The lowest BCUT2D eigenvalue weighted by Gasteiger charge is -2.22. The van der Waals surface area contributed by atoms with Crippen molar-refractivity contribution >= 4 is 21.6 Å². The summed E-state index contributed by atoms with van der Waals surface area (Å²) in [7, 11) is -2.06. The Morgan fingerprint density at radius 1 is 1.19 bits per heavy atom. The SMILES string of the molecule is CCN(CC)C(=O)C(C)=C1c2ccccc2S(=O)(=O)N1C. The van der Waals surface area contributed by atoms with E-state index < -0.39 is 10.0 Å². The highest BCUT2D eigenvalue weighted by molar-refractivity contribution is 7.90. The number of hydrogen-bond donors (Lipinski definition) is 0. The van der Waals surface area contributed by atoms with Gasteiger partial charge in [-0.1, -0.05) is 18.2 Å². The van der Waals surface area contributed by atoms with Crippen molar-refractivity contribution in [1.29, 1.82) is 0 Å². The number of carbonyl (C=O) groups is 1. The van der Waals surface area contributed by atoms with Gasteiger partial charge in [-0.3, -0.25) is 9.10 Å². The van der Waals surface area contributed by atoms with E-state index in [2.05, 4.69) is 0 Å². The molecule has 0 aliphatic carbocycles. The third-order valence-corrected chi connectivity index (χ3v) is 5.64. The van der Waals surface area contributed by atoms with Gasteiger partial charge in [0.05, 0.1) is 10.6 Å². The zero-order valence-electron chi connectivity index (χ0n) is 12.8. The number of rotatable bonds is 3. The van der Waals surface area contributed by atoms with Crippen molar-refractivity contribution < 1.29 is 13.2 Å². The predicted octanol–water partition coefficient (Wildman–Crippen LogP) is 1.92. The molecule has 0 aromatic heterocycles. The van der Waals surface area contributed by atoms with Crippen LogP contribution in [0, 0.1) is 0 Å². The third kappa shape index (κ3) is 2.33. The Kier molecular flexibility index (Phi) is 4.09. The fraction of sp³-hybridized carbons (Fsp3) is 0.400. The first-order valence-electron chi connectivity index (χ1n) is 6.94. The van der Waals surface area contributed by atoms with Gasteiger partial charge in [-0.15, -0.1) is 0 Å². The molecule has 0 unspecified atom stereocenters. The van der Waals surface area contributed by atoms with Crippen LogP contribution in [-0.2, 0) is 14.8 Å². The Labute approximate surface area is 125 Å². The fourth-order valence-corrected chi connectivity index (χ4v) is 4.08. The van der Waals surface area contributed by atoms with Gasteiger partial charge >= 0.3 is 0 Å². The molecule has 1 heterocycles. The average molecular weight is 308 g/mol. The van der Waals surface area contributed by atoms with Crippen molar-refractivity contribution in [3.8, 4) is 0 Å². The quantitative estimate of drug-likeness (QED) is 0.802. The van der Waals surface area contributed by atoms with E-state index >= 15 is 0 Å². The minimum Gasteiger partial charge on any atom is -0.339 e. The second kappa shape index (κ2) is 5.52. The fourth-order valence-electron chi connectivity index (χ4n) is 2.61. The highest BCUT2D eigenvalue weighted by Crippen LogP contribution is 2.39. The second-order valence-corrected chi connectivity index (χ2v) is 6.86. The summed E-state index contributed by atoms with van der Waals surface area (Å²) in [6, 6.07) is 6.78. The molecule has 1 aliphatic heterocycles. The van der Waals surface area contributed by atoms with Crippen LogP contribution >= 0.6 is 0 Å². The van der Waals surface area contributed by atoms with Gasteiger partial charge in [0.25, 0.3) is 15.9 Å². The van der Waals surface area contributed by atoms with Crippen molar-refractivity contribution in [2.45, 2.75) is 25.7 Å². The molecule has 0 fully saturated rings. The predicted molar refractivity (Wildman–Crippen MR) is 81.9 cm³/mol. The van der Waals surface area contributed by atoms with E-state index in [1.54, 1.807) is 36.1 Å². The van der Waals surface area contributed by atoms with Crippen molar-refractivity contribution in [1.82, 2.24) is 9.21 Å². The zero-order chi connectivity index (χ0) is 15.8. The Balaban J connectivity index is 2.64. The number of hydrogen-bond acceptors (Lipinski definition) is 3. The van der Waals surface area contributed by atoms with Crippen LogP contribution in [0.1, 0.15) is 26.3 Å². The van der Waals surface area contributed by atoms with Gasteiger partial charge in [0.1, 0.15) is 0 Å². The molecule has 21 heavy (non-hydrogen) atoms. The smallest absolute Gasteiger partial charge is 0.264 e. The molecule has 5 nitrogen and oxygen atoms in total. The summed E-state index contributed by atoms with van der Waals surface area (Å²) in [4.78, 5) is 14.4. The Hall–Kier alpha value is -1.82. The Bertz CT molecular complexity index is 703. The van der Waals surface area contributed by atoms with E-state index in [0.717, 1.165) is 0 Å². The average Bonchev–Trinajstić information content (AvgIpc) is 2.67. The lowest BCUT2D eigenvalue weighted by atomic mass is 10.1. The molecule has 0 radical (unpaired) electrons. The van der Waals surface area contributed by atoms with E-state index in [1.807, 2.05) is 13.8 Å². The van der Waals surface area contributed by atoms with Gasteiger partial charge in [-0.05, 0) is 26.8 Å². The Morgan fingerprint density at radius 3 is 2.33 bits per heavy atom. The number of likely N-dealkylation sites (N-methyl/N-ethyl adjacent to an activating group) is 1. The molecule has 0 saturated carbocycles. The molecule has 0 bridgehead atoms. The van der Waals surface area contributed by atoms with Crippen LogP contribution in [-0.4, -0.2) is 43.7 Å². The molecule has 6 heteroatoms. The molecule has 0 atom stereocenters. The first-order chi connectivity index (χ1) is 9.86. The van der Waals surface area contributed by atoms with Crippen LogP contribution in [0.5, 0.6) is 0 Å². The molecular weight excluding hydrogens is 288 g/mol. The van der Waals surface area contributed by atoms with E-state index in [9.17, 15) is 13.2 Å². The van der Waals surface area contributed by atoms with Crippen LogP contribution < -0.4 is 0 Å². The number of carbonyl (C=O) groups excluding carboxylic acids is 1. The summed E-state index contributed by atoms with van der Waals surface area (Å²) in [6.07, 6.45) is 0. The van der Waals surface area contributed by atoms with Crippen molar-refractivity contribution in [2.24, 2.45) is 0 Å². The van der Waals surface area contributed by atoms with Gasteiger partial charge in [-0.25, -0.2) is 8.42 Å². The summed E-state index contributed by atoms with van der Waals surface area (Å²) in [5.74, 6) is -0.131. The maximum Gasteiger partial charge on any atom is 0.264 e. The van der Waals surface area contributed by atoms with Gasteiger partial charge in [0.2, 0.25) is 0 Å². The Morgan fingerprint density at radius 2 is 1.76 bits per heavy atom. The van der Waals surface area contributed by atoms with E-state index in [0.29, 0.717) is 29.9 Å². The van der Waals surface area contributed by atoms with Gasteiger partial charge < -0.3 is 4.90 Å². The molecule has 114 valence electrons. The van der Waals surface area contributed by atoms with Crippen LogP contribution in [0.2, 0.25) is 0 Å². The van der Waals surface area contributed by atoms with Gasteiger partial charge in [0.15, 0.2) is 0 Å². The third-order valence-electron chi connectivity index (χ3n) is 3.82. The molecule has 2 rings (SSSR count). The zero-order valence-corrected chi connectivity index (χ0v) is 13.6. The standard InChI is InChI=1S/C15H20N2O3S/c1-5-17(6-2)15(18)11(3)14-12-9-7-8-10-13(12)21(19,20)16(14)4/h7-10H,5-6H2,1-4H3. The first kappa shape index (κ1) is 15.6. The number of sulfonamides is 1. The normalized spacial score (nSPS) is 18.4. The van der Waals surface area contributed by atoms with Crippen molar-refractivity contribution in [2.75, 3.05) is 20.1 Å². The molecular formula is C15H20N2O3S. The van der Waals surface area contributed by atoms with Crippen molar-refractivity contribution in [3.05, 3.63) is 35.4 Å². The first-order valence-corrected chi connectivity index (χ1v) is 8.38. The molecule has 1 amide bonds. The van der Waals surface area contributed by atoms with Crippen LogP contribution in [0.4, 0.5) is 0 Å². The van der Waals surface area contributed by atoms with Crippen LogP contribution in [0.3, 0.4) is 0 Å². The number of benzene rings is 1. The summed E-state index contributed by atoms with van der Waals surface area (Å²) in [5.41, 5.74) is 1.52. The van der Waals surface area contributed by atoms with Gasteiger partial charge in [0, 0.05) is 31.3 Å². The lowest BCUT2D eigenvalue weighted by Crippen LogP contribution is -2.32. The highest BCUT2D eigenvalue weighted by atomic mass is 32.2. The molecule has 1 aromatic rings. The molecule has 0 N–H and O–H groups in total. The summed E-state index contributed by atoms with van der Waals surface area (Å²) in [6.45, 7) is 6.69. The van der Waals surface area contributed by atoms with E-state index in [4.69, 9.17) is 0 Å².